The van der Waals surface area contributed by atoms with Crippen LogP contribution in [0.25, 0.3) is 10.9 Å². The second-order valence-electron chi connectivity index (χ2n) is 7.10. The summed E-state index contributed by atoms with van der Waals surface area (Å²) in [5.41, 5.74) is 1.88. The topological polar surface area (TPSA) is 48.3 Å². The molecule has 1 heterocycles. The second-order valence-corrected chi connectivity index (χ2v) is 7.10. The number of esters is 1. The lowest BCUT2D eigenvalue weighted by Crippen LogP contribution is -2.06. The number of hydrogen-bond acceptors (Lipinski definition) is 3. The summed E-state index contributed by atoms with van der Waals surface area (Å²) in [4.78, 5) is 24.3. The first-order chi connectivity index (χ1) is 13.2. The molecule has 1 aromatic heterocycles. The number of para-hydroxylation sites is 1. The zero-order valence-electron chi connectivity index (χ0n) is 16.8. The average Bonchev–Trinajstić information content (AvgIpc) is 3.04. The Kier molecular flexibility index (Phi) is 9.09. The Bertz CT molecular complexity index is 732. The maximum atomic E-state index is 12.7. The van der Waals surface area contributed by atoms with Crippen molar-refractivity contribution in [1.82, 2.24) is 4.57 Å². The fourth-order valence-corrected chi connectivity index (χ4v) is 3.48. The first-order valence-electron chi connectivity index (χ1n) is 10.4. The van der Waals surface area contributed by atoms with Crippen molar-refractivity contribution in [2.24, 2.45) is 0 Å². The quantitative estimate of drug-likeness (QED) is 0.249. The SMILES string of the molecule is CCCCCCCCC(=O)c1cn(CCCC(=O)OCC)c2ccccc12. The summed E-state index contributed by atoms with van der Waals surface area (Å²) in [5.74, 6) is 0.0687. The van der Waals surface area contributed by atoms with Gasteiger partial charge in [-0.1, -0.05) is 57.2 Å². The van der Waals surface area contributed by atoms with E-state index in [2.05, 4.69) is 11.5 Å². The van der Waals surface area contributed by atoms with Crippen LogP contribution in [0, 0.1) is 0 Å². The van der Waals surface area contributed by atoms with E-state index in [9.17, 15) is 9.59 Å². The van der Waals surface area contributed by atoms with E-state index in [4.69, 9.17) is 4.74 Å². The number of unbranched alkanes of at least 4 members (excludes halogenated alkanes) is 5. The van der Waals surface area contributed by atoms with Gasteiger partial charge in [0.1, 0.15) is 0 Å². The van der Waals surface area contributed by atoms with Gasteiger partial charge >= 0.3 is 5.97 Å². The molecule has 0 radical (unpaired) electrons. The molecular weight excluding hydrogens is 338 g/mol. The van der Waals surface area contributed by atoms with E-state index in [1.165, 1.54) is 25.7 Å². The number of fused-ring (bicyclic) bond motifs is 1. The van der Waals surface area contributed by atoms with E-state index < -0.39 is 0 Å². The Hall–Kier alpha value is -2.10. The number of ketones is 1. The van der Waals surface area contributed by atoms with Gasteiger partial charge in [-0.05, 0) is 25.8 Å². The highest BCUT2D eigenvalue weighted by Crippen LogP contribution is 2.24. The van der Waals surface area contributed by atoms with E-state index in [-0.39, 0.29) is 11.8 Å². The number of aryl methyl sites for hydroxylation is 1. The minimum Gasteiger partial charge on any atom is -0.466 e. The van der Waals surface area contributed by atoms with Gasteiger partial charge in [0.05, 0.1) is 6.61 Å². The van der Waals surface area contributed by atoms with Crippen LogP contribution in [-0.2, 0) is 16.1 Å². The third kappa shape index (κ3) is 6.53. The van der Waals surface area contributed by atoms with Crippen LogP contribution in [0.4, 0.5) is 0 Å². The molecule has 148 valence electrons. The van der Waals surface area contributed by atoms with Gasteiger partial charge in [-0.15, -0.1) is 0 Å². The molecule has 0 aliphatic carbocycles. The lowest BCUT2D eigenvalue weighted by atomic mass is 10.0. The van der Waals surface area contributed by atoms with Crippen molar-refractivity contribution < 1.29 is 14.3 Å². The number of hydrogen-bond donors (Lipinski definition) is 0. The van der Waals surface area contributed by atoms with Crippen molar-refractivity contribution in [3.8, 4) is 0 Å². The van der Waals surface area contributed by atoms with Crippen LogP contribution in [0.15, 0.2) is 30.5 Å². The summed E-state index contributed by atoms with van der Waals surface area (Å²) in [6.45, 7) is 5.16. The smallest absolute Gasteiger partial charge is 0.305 e. The van der Waals surface area contributed by atoms with E-state index in [1.54, 1.807) is 0 Å². The number of carbonyl (C=O) groups is 2. The standard InChI is InChI=1S/C23H33NO3/c1-3-5-6-7-8-9-15-22(25)20-18-24(17-12-16-23(26)27-4-2)21-14-11-10-13-19(20)21/h10-11,13-14,18H,3-9,12,15-17H2,1-2H3. The molecule has 1 aromatic carbocycles. The Morgan fingerprint density at radius 2 is 1.67 bits per heavy atom. The zero-order valence-corrected chi connectivity index (χ0v) is 16.8. The number of ether oxygens (including phenoxy) is 1. The third-order valence-electron chi connectivity index (χ3n) is 4.93. The van der Waals surface area contributed by atoms with Crippen LogP contribution in [0.1, 0.15) is 82.0 Å². The van der Waals surface area contributed by atoms with E-state index >= 15 is 0 Å². The molecule has 0 amide bonds. The maximum Gasteiger partial charge on any atom is 0.305 e. The highest BCUT2D eigenvalue weighted by atomic mass is 16.5. The Morgan fingerprint density at radius 3 is 2.44 bits per heavy atom. The molecule has 0 bridgehead atoms. The van der Waals surface area contributed by atoms with Crippen LogP contribution in [0.3, 0.4) is 0 Å². The number of rotatable bonds is 13. The molecule has 0 fully saturated rings. The average molecular weight is 372 g/mol. The van der Waals surface area contributed by atoms with E-state index in [1.807, 2.05) is 37.4 Å². The normalized spacial score (nSPS) is 11.0. The molecule has 0 spiro atoms. The van der Waals surface area contributed by atoms with Crippen molar-refractivity contribution in [2.75, 3.05) is 6.61 Å². The Balaban J connectivity index is 1.96. The van der Waals surface area contributed by atoms with Crippen LogP contribution >= 0.6 is 0 Å². The first kappa shape index (κ1) is 21.2. The number of nitrogens with zero attached hydrogens (tertiary/aromatic N) is 1. The van der Waals surface area contributed by atoms with Gasteiger partial charge in [-0.2, -0.15) is 0 Å². The molecule has 0 saturated carbocycles. The molecule has 0 atom stereocenters. The third-order valence-corrected chi connectivity index (χ3v) is 4.93. The highest BCUT2D eigenvalue weighted by Gasteiger charge is 2.14. The fourth-order valence-electron chi connectivity index (χ4n) is 3.48. The second kappa shape index (κ2) is 11.6. The molecule has 2 aromatic rings. The van der Waals surface area contributed by atoms with Crippen molar-refractivity contribution >= 4 is 22.7 Å². The largest absolute Gasteiger partial charge is 0.466 e. The van der Waals surface area contributed by atoms with Gasteiger partial charge in [0.15, 0.2) is 5.78 Å². The van der Waals surface area contributed by atoms with Crippen LogP contribution < -0.4 is 0 Å². The van der Waals surface area contributed by atoms with Crippen molar-refractivity contribution in [3.05, 3.63) is 36.0 Å². The lowest BCUT2D eigenvalue weighted by molar-refractivity contribution is -0.143. The number of Topliss-reactive ketones (excluding diaryl/α,β-unsaturated/α-hetero) is 1. The van der Waals surface area contributed by atoms with Gasteiger partial charge in [0.25, 0.3) is 0 Å². The Morgan fingerprint density at radius 1 is 0.926 bits per heavy atom. The summed E-state index contributed by atoms with van der Waals surface area (Å²) < 4.78 is 7.09. The predicted octanol–water partition coefficient (Wildman–Crippen LogP) is 5.92. The number of benzene rings is 1. The first-order valence-corrected chi connectivity index (χ1v) is 10.4. The monoisotopic (exact) mass is 371 g/mol. The summed E-state index contributed by atoms with van der Waals surface area (Å²) in [6.07, 6.45) is 10.8. The van der Waals surface area contributed by atoms with Gasteiger partial charge in [0.2, 0.25) is 0 Å². The summed E-state index contributed by atoms with van der Waals surface area (Å²) in [6, 6.07) is 8.03. The van der Waals surface area contributed by atoms with Crippen LogP contribution in [-0.4, -0.2) is 22.9 Å². The number of carbonyl (C=O) groups excluding carboxylic acids is 2. The maximum absolute atomic E-state index is 12.7. The fraction of sp³-hybridized carbons (Fsp3) is 0.565. The highest BCUT2D eigenvalue weighted by molar-refractivity contribution is 6.08. The zero-order chi connectivity index (χ0) is 19.5. The van der Waals surface area contributed by atoms with Crippen LogP contribution in [0.2, 0.25) is 0 Å². The van der Waals surface area contributed by atoms with Crippen LogP contribution in [0.5, 0.6) is 0 Å². The minimum absolute atomic E-state index is 0.159. The summed E-state index contributed by atoms with van der Waals surface area (Å²) in [5, 5.41) is 1.02. The van der Waals surface area contributed by atoms with E-state index in [0.717, 1.165) is 29.3 Å². The molecule has 4 heteroatoms. The molecule has 2 rings (SSSR count). The van der Waals surface area contributed by atoms with Gasteiger partial charge in [-0.3, -0.25) is 9.59 Å². The van der Waals surface area contributed by atoms with Gasteiger partial charge < -0.3 is 9.30 Å². The molecular formula is C23H33NO3. The summed E-state index contributed by atoms with van der Waals surface area (Å²) in [7, 11) is 0. The molecule has 4 nitrogen and oxygen atoms in total. The molecule has 27 heavy (non-hydrogen) atoms. The van der Waals surface area contributed by atoms with Crippen molar-refractivity contribution in [1.29, 1.82) is 0 Å². The van der Waals surface area contributed by atoms with Crippen molar-refractivity contribution in [3.63, 3.8) is 0 Å². The lowest BCUT2D eigenvalue weighted by Gasteiger charge is -2.05. The molecule has 0 saturated heterocycles. The Labute approximate surface area is 162 Å². The number of aromatic nitrogens is 1. The molecule has 0 unspecified atom stereocenters. The molecule has 0 N–H and O–H groups in total. The van der Waals surface area contributed by atoms with Gasteiger partial charge in [0, 0.05) is 42.0 Å². The summed E-state index contributed by atoms with van der Waals surface area (Å²) >= 11 is 0. The molecule has 0 aliphatic rings. The predicted molar refractivity (Wildman–Crippen MR) is 110 cm³/mol. The minimum atomic E-state index is -0.159. The molecule has 0 aliphatic heterocycles. The van der Waals surface area contributed by atoms with Crippen molar-refractivity contribution in [2.45, 2.75) is 78.2 Å². The van der Waals surface area contributed by atoms with E-state index in [0.29, 0.717) is 32.4 Å². The van der Waals surface area contributed by atoms with Gasteiger partial charge in [-0.25, -0.2) is 0 Å².